The molecular weight excluding hydrogens is 339 g/mol. The summed E-state index contributed by atoms with van der Waals surface area (Å²) in [6.45, 7) is 2.82. The van der Waals surface area contributed by atoms with Gasteiger partial charge >= 0.3 is 0 Å². The van der Waals surface area contributed by atoms with Gasteiger partial charge in [-0.25, -0.2) is 4.39 Å². The van der Waals surface area contributed by atoms with Gasteiger partial charge in [-0.2, -0.15) is 0 Å². The number of benzene rings is 1. The SMILES string of the molecule is O=C(C1CC(=O)N(c2ccccc2F)C1)N1CCC(C2OCCO2)CC1. The van der Waals surface area contributed by atoms with Crippen molar-refractivity contribution in [2.45, 2.75) is 25.6 Å². The Balaban J connectivity index is 1.36. The molecule has 3 saturated heterocycles. The van der Waals surface area contributed by atoms with Crippen LogP contribution in [0.1, 0.15) is 19.3 Å². The van der Waals surface area contributed by atoms with E-state index in [4.69, 9.17) is 9.47 Å². The molecular formula is C19H23FN2O4. The highest BCUT2D eigenvalue weighted by Gasteiger charge is 2.39. The second kappa shape index (κ2) is 7.32. The number of para-hydroxylation sites is 1. The number of amides is 2. The van der Waals surface area contributed by atoms with Gasteiger partial charge in [-0.3, -0.25) is 9.59 Å². The van der Waals surface area contributed by atoms with E-state index in [0.29, 0.717) is 32.2 Å². The van der Waals surface area contributed by atoms with Gasteiger partial charge in [-0.15, -0.1) is 0 Å². The van der Waals surface area contributed by atoms with Gasteiger partial charge < -0.3 is 19.3 Å². The quantitative estimate of drug-likeness (QED) is 0.823. The molecule has 0 aromatic heterocycles. The third-order valence-corrected chi connectivity index (χ3v) is 5.50. The van der Waals surface area contributed by atoms with E-state index < -0.39 is 11.7 Å². The fourth-order valence-electron chi connectivity index (χ4n) is 4.08. The number of carbonyl (C=O) groups excluding carboxylic acids is 2. The molecule has 0 N–H and O–H groups in total. The van der Waals surface area contributed by atoms with E-state index in [-0.39, 0.29) is 36.8 Å². The second-order valence-electron chi connectivity index (χ2n) is 7.13. The van der Waals surface area contributed by atoms with Gasteiger partial charge in [0.2, 0.25) is 11.8 Å². The van der Waals surface area contributed by atoms with Crippen molar-refractivity contribution in [3.8, 4) is 0 Å². The molecule has 0 radical (unpaired) electrons. The predicted molar refractivity (Wildman–Crippen MR) is 91.9 cm³/mol. The summed E-state index contributed by atoms with van der Waals surface area (Å²) in [6, 6.07) is 6.19. The molecule has 1 aromatic carbocycles. The molecule has 3 heterocycles. The van der Waals surface area contributed by atoms with Crippen molar-refractivity contribution in [2.24, 2.45) is 11.8 Å². The van der Waals surface area contributed by atoms with Crippen LogP contribution in [0, 0.1) is 17.7 Å². The molecule has 140 valence electrons. The monoisotopic (exact) mass is 362 g/mol. The Hall–Kier alpha value is -1.99. The van der Waals surface area contributed by atoms with Crippen LogP contribution >= 0.6 is 0 Å². The highest BCUT2D eigenvalue weighted by molar-refractivity contribution is 6.00. The standard InChI is InChI=1S/C19H23FN2O4/c20-15-3-1-2-4-16(15)22-12-14(11-17(22)23)18(24)21-7-5-13(6-8-21)19-25-9-10-26-19/h1-4,13-14,19H,5-12H2. The van der Waals surface area contributed by atoms with Crippen molar-refractivity contribution in [3.05, 3.63) is 30.1 Å². The zero-order chi connectivity index (χ0) is 18.1. The average Bonchev–Trinajstić information content (AvgIpc) is 3.32. The lowest BCUT2D eigenvalue weighted by molar-refractivity contribution is -0.140. The Kier molecular flexibility index (Phi) is 4.91. The Labute approximate surface area is 151 Å². The van der Waals surface area contributed by atoms with Crippen LogP contribution in [-0.4, -0.2) is 55.9 Å². The lowest BCUT2D eigenvalue weighted by Gasteiger charge is -2.35. The third-order valence-electron chi connectivity index (χ3n) is 5.50. The second-order valence-corrected chi connectivity index (χ2v) is 7.13. The van der Waals surface area contributed by atoms with Crippen LogP contribution < -0.4 is 4.90 Å². The maximum atomic E-state index is 14.0. The largest absolute Gasteiger partial charge is 0.350 e. The molecule has 0 saturated carbocycles. The molecule has 3 fully saturated rings. The lowest BCUT2D eigenvalue weighted by atomic mass is 9.95. The van der Waals surface area contributed by atoms with Crippen molar-refractivity contribution in [2.75, 3.05) is 37.7 Å². The first-order valence-electron chi connectivity index (χ1n) is 9.20. The third kappa shape index (κ3) is 3.33. The van der Waals surface area contributed by atoms with Gasteiger partial charge in [-0.05, 0) is 25.0 Å². The van der Waals surface area contributed by atoms with Crippen LogP contribution in [0.2, 0.25) is 0 Å². The molecule has 3 aliphatic rings. The predicted octanol–water partition coefficient (Wildman–Crippen LogP) is 1.79. The maximum Gasteiger partial charge on any atom is 0.228 e. The summed E-state index contributed by atoms with van der Waals surface area (Å²) in [6.07, 6.45) is 1.68. The molecule has 26 heavy (non-hydrogen) atoms. The number of likely N-dealkylation sites (tertiary alicyclic amines) is 1. The number of rotatable bonds is 3. The first kappa shape index (κ1) is 17.4. The van der Waals surface area contributed by atoms with Crippen molar-refractivity contribution in [1.82, 2.24) is 4.90 Å². The topological polar surface area (TPSA) is 59.1 Å². The zero-order valence-corrected chi connectivity index (χ0v) is 14.6. The number of nitrogens with zero attached hydrogens (tertiary/aromatic N) is 2. The average molecular weight is 362 g/mol. The number of anilines is 1. The van der Waals surface area contributed by atoms with Crippen molar-refractivity contribution < 1.29 is 23.5 Å². The molecule has 1 atom stereocenters. The minimum Gasteiger partial charge on any atom is -0.350 e. The van der Waals surface area contributed by atoms with Crippen LogP contribution in [0.3, 0.4) is 0 Å². The summed E-state index contributed by atoms with van der Waals surface area (Å²) in [7, 11) is 0. The van der Waals surface area contributed by atoms with E-state index in [1.807, 2.05) is 4.90 Å². The molecule has 2 amide bonds. The van der Waals surface area contributed by atoms with Gasteiger partial charge in [0, 0.05) is 32.0 Å². The highest BCUT2D eigenvalue weighted by Crippen LogP contribution is 2.30. The Morgan fingerprint density at radius 2 is 1.81 bits per heavy atom. The summed E-state index contributed by atoms with van der Waals surface area (Å²) in [5.41, 5.74) is 0.252. The number of ether oxygens (including phenoxy) is 2. The van der Waals surface area contributed by atoms with Gasteiger partial charge in [0.15, 0.2) is 6.29 Å². The summed E-state index contributed by atoms with van der Waals surface area (Å²) in [4.78, 5) is 28.4. The molecule has 0 bridgehead atoms. The molecule has 1 aromatic rings. The molecule has 0 spiro atoms. The van der Waals surface area contributed by atoms with Gasteiger partial charge in [-0.1, -0.05) is 12.1 Å². The van der Waals surface area contributed by atoms with E-state index in [2.05, 4.69) is 0 Å². The van der Waals surface area contributed by atoms with Crippen molar-refractivity contribution in [3.63, 3.8) is 0 Å². The van der Waals surface area contributed by atoms with Crippen LogP contribution in [-0.2, 0) is 19.1 Å². The first-order chi connectivity index (χ1) is 12.6. The van der Waals surface area contributed by atoms with E-state index >= 15 is 0 Å². The molecule has 4 rings (SSSR count). The Morgan fingerprint density at radius 3 is 2.50 bits per heavy atom. The van der Waals surface area contributed by atoms with Crippen LogP contribution in [0.25, 0.3) is 0 Å². The summed E-state index contributed by atoms with van der Waals surface area (Å²) >= 11 is 0. The maximum absolute atomic E-state index is 14.0. The minimum atomic E-state index is -0.439. The Morgan fingerprint density at radius 1 is 1.12 bits per heavy atom. The molecule has 3 aliphatic heterocycles. The minimum absolute atomic E-state index is 0.0103. The van der Waals surface area contributed by atoms with Crippen LogP contribution in [0.5, 0.6) is 0 Å². The van der Waals surface area contributed by atoms with E-state index in [1.54, 1.807) is 18.2 Å². The van der Waals surface area contributed by atoms with E-state index in [1.165, 1.54) is 11.0 Å². The van der Waals surface area contributed by atoms with Gasteiger partial charge in [0.1, 0.15) is 5.82 Å². The Bertz CT molecular complexity index is 684. The summed E-state index contributed by atoms with van der Waals surface area (Å²) < 4.78 is 25.1. The fourth-order valence-corrected chi connectivity index (χ4v) is 4.08. The highest BCUT2D eigenvalue weighted by atomic mass is 19.1. The van der Waals surface area contributed by atoms with Crippen molar-refractivity contribution in [1.29, 1.82) is 0 Å². The zero-order valence-electron chi connectivity index (χ0n) is 14.6. The fraction of sp³-hybridized carbons (Fsp3) is 0.579. The number of carbonyl (C=O) groups is 2. The summed E-state index contributed by atoms with van der Waals surface area (Å²) in [5.74, 6) is -0.731. The molecule has 1 unspecified atom stereocenters. The van der Waals surface area contributed by atoms with Crippen LogP contribution in [0.4, 0.5) is 10.1 Å². The number of piperidine rings is 1. The van der Waals surface area contributed by atoms with E-state index in [0.717, 1.165) is 12.8 Å². The van der Waals surface area contributed by atoms with Gasteiger partial charge in [0.05, 0.1) is 24.8 Å². The van der Waals surface area contributed by atoms with Gasteiger partial charge in [0.25, 0.3) is 0 Å². The van der Waals surface area contributed by atoms with E-state index in [9.17, 15) is 14.0 Å². The first-order valence-corrected chi connectivity index (χ1v) is 9.20. The number of hydrogen-bond acceptors (Lipinski definition) is 4. The number of halogens is 1. The van der Waals surface area contributed by atoms with Crippen molar-refractivity contribution >= 4 is 17.5 Å². The molecule has 6 nitrogen and oxygen atoms in total. The smallest absolute Gasteiger partial charge is 0.228 e. The molecule has 7 heteroatoms. The lowest BCUT2D eigenvalue weighted by Crippen LogP contribution is -2.44. The van der Waals surface area contributed by atoms with Crippen LogP contribution in [0.15, 0.2) is 24.3 Å². The molecule has 0 aliphatic carbocycles. The number of hydrogen-bond donors (Lipinski definition) is 0. The normalized spacial score (nSPS) is 25.3. The summed E-state index contributed by atoms with van der Waals surface area (Å²) in [5, 5.41) is 0.